The Bertz CT molecular complexity index is 334. The monoisotopic (exact) mass is 265 g/mol. The average molecular weight is 265 g/mol. The molecule has 1 aromatic carbocycles. The lowest BCUT2D eigenvalue weighted by molar-refractivity contribution is 0.261. The quantitative estimate of drug-likeness (QED) is 0.758. The van der Waals surface area contributed by atoms with Crippen molar-refractivity contribution in [2.45, 2.75) is 31.3 Å². The number of rotatable bonds is 8. The highest BCUT2D eigenvalue weighted by atomic mass is 32.2. The lowest BCUT2D eigenvalue weighted by Crippen LogP contribution is -2.36. The molecule has 2 atom stereocenters. The molecule has 0 heterocycles. The molecule has 0 aliphatic heterocycles. The summed E-state index contributed by atoms with van der Waals surface area (Å²) in [7, 11) is 0. The smallest absolute Gasteiger partial charge is 0.0446 e. The summed E-state index contributed by atoms with van der Waals surface area (Å²) in [6.07, 6.45) is 5.63. The van der Waals surface area contributed by atoms with E-state index in [1.807, 2.05) is 11.8 Å². The van der Waals surface area contributed by atoms with Crippen molar-refractivity contribution in [1.82, 2.24) is 5.32 Å². The second-order valence-corrected chi connectivity index (χ2v) is 5.97. The average Bonchev–Trinajstić information content (AvgIpc) is 3.22. The van der Waals surface area contributed by atoms with Crippen LogP contribution in [0, 0.1) is 5.92 Å². The third kappa shape index (κ3) is 4.01. The van der Waals surface area contributed by atoms with Gasteiger partial charge in [-0.25, -0.2) is 0 Å². The summed E-state index contributed by atoms with van der Waals surface area (Å²) in [4.78, 5) is 0. The Morgan fingerprint density at radius 1 is 1.33 bits per heavy atom. The van der Waals surface area contributed by atoms with Gasteiger partial charge in [0.1, 0.15) is 0 Å². The van der Waals surface area contributed by atoms with Gasteiger partial charge in [0.25, 0.3) is 0 Å². The molecule has 1 aliphatic carbocycles. The van der Waals surface area contributed by atoms with Crippen molar-refractivity contribution in [3.63, 3.8) is 0 Å². The van der Waals surface area contributed by atoms with Crippen molar-refractivity contribution in [3.8, 4) is 0 Å². The molecule has 2 N–H and O–H groups in total. The van der Waals surface area contributed by atoms with Crippen LogP contribution in [-0.2, 0) is 0 Å². The van der Waals surface area contributed by atoms with Crippen molar-refractivity contribution in [2.75, 3.05) is 18.6 Å². The zero-order valence-electron chi connectivity index (χ0n) is 11.0. The molecule has 1 aliphatic rings. The van der Waals surface area contributed by atoms with Gasteiger partial charge < -0.3 is 10.4 Å². The van der Waals surface area contributed by atoms with E-state index < -0.39 is 0 Å². The fraction of sp³-hybridized carbons (Fsp3) is 0.600. The van der Waals surface area contributed by atoms with E-state index in [9.17, 15) is 0 Å². The largest absolute Gasteiger partial charge is 0.396 e. The van der Waals surface area contributed by atoms with E-state index in [4.69, 9.17) is 5.11 Å². The van der Waals surface area contributed by atoms with Crippen LogP contribution in [0.2, 0.25) is 0 Å². The maximum atomic E-state index is 9.15. The molecule has 2 nitrogen and oxygen atoms in total. The maximum Gasteiger partial charge on any atom is 0.0446 e. The lowest BCUT2D eigenvalue weighted by atomic mass is 10.0. The summed E-state index contributed by atoms with van der Waals surface area (Å²) in [5.41, 5.74) is 1.39. The molecular formula is C15H23NOS. The number of thioether (sulfide) groups is 1. The van der Waals surface area contributed by atoms with Crippen molar-refractivity contribution in [2.24, 2.45) is 5.92 Å². The van der Waals surface area contributed by atoms with Crippen molar-refractivity contribution >= 4 is 11.8 Å². The Morgan fingerprint density at radius 2 is 2.06 bits per heavy atom. The summed E-state index contributed by atoms with van der Waals surface area (Å²) in [6.45, 7) is 0.268. The summed E-state index contributed by atoms with van der Waals surface area (Å²) in [5.74, 6) is 1.85. The minimum atomic E-state index is 0.268. The van der Waals surface area contributed by atoms with Crippen LogP contribution < -0.4 is 5.32 Å². The van der Waals surface area contributed by atoms with Crippen LogP contribution in [0.15, 0.2) is 30.3 Å². The van der Waals surface area contributed by atoms with Crippen LogP contribution in [0.4, 0.5) is 0 Å². The van der Waals surface area contributed by atoms with E-state index in [0.29, 0.717) is 12.1 Å². The van der Waals surface area contributed by atoms with Gasteiger partial charge in [0.05, 0.1) is 0 Å². The SMILES string of the molecule is CSCC(CCO)NC(c1ccccc1)C1CC1. The second-order valence-electron chi connectivity index (χ2n) is 5.06. The van der Waals surface area contributed by atoms with E-state index in [0.717, 1.165) is 18.1 Å². The number of hydrogen-bond acceptors (Lipinski definition) is 3. The molecule has 1 fully saturated rings. The zero-order valence-corrected chi connectivity index (χ0v) is 11.8. The zero-order chi connectivity index (χ0) is 12.8. The Hall–Kier alpha value is -0.510. The third-order valence-electron chi connectivity index (χ3n) is 3.51. The number of hydrogen-bond donors (Lipinski definition) is 2. The van der Waals surface area contributed by atoms with Crippen molar-refractivity contribution in [1.29, 1.82) is 0 Å². The maximum absolute atomic E-state index is 9.15. The van der Waals surface area contributed by atoms with Crippen LogP contribution in [-0.4, -0.2) is 29.8 Å². The molecule has 1 aromatic rings. The first-order valence-electron chi connectivity index (χ1n) is 6.76. The van der Waals surface area contributed by atoms with E-state index in [1.54, 1.807) is 0 Å². The molecule has 0 amide bonds. The standard InChI is InChI=1S/C15H23NOS/c1-18-11-14(9-10-17)16-15(13-7-8-13)12-5-3-2-4-6-12/h2-6,13-17H,7-11H2,1H3. The molecular weight excluding hydrogens is 242 g/mol. The van der Waals surface area contributed by atoms with Gasteiger partial charge in [-0.3, -0.25) is 0 Å². The van der Waals surface area contributed by atoms with E-state index in [1.165, 1.54) is 18.4 Å². The Balaban J connectivity index is 2.01. The van der Waals surface area contributed by atoms with Gasteiger partial charge in [-0.15, -0.1) is 0 Å². The van der Waals surface area contributed by atoms with Crippen molar-refractivity contribution in [3.05, 3.63) is 35.9 Å². The summed E-state index contributed by atoms with van der Waals surface area (Å²) < 4.78 is 0. The van der Waals surface area contributed by atoms with Gasteiger partial charge in [0.2, 0.25) is 0 Å². The molecule has 2 unspecified atom stereocenters. The highest BCUT2D eigenvalue weighted by Crippen LogP contribution is 2.41. The fourth-order valence-corrected chi connectivity index (χ4v) is 3.09. The van der Waals surface area contributed by atoms with E-state index >= 15 is 0 Å². The van der Waals surface area contributed by atoms with Crippen LogP contribution in [0.1, 0.15) is 30.9 Å². The van der Waals surface area contributed by atoms with Gasteiger partial charge >= 0.3 is 0 Å². The van der Waals surface area contributed by atoms with Gasteiger partial charge in [-0.2, -0.15) is 11.8 Å². The molecule has 0 bridgehead atoms. The van der Waals surface area contributed by atoms with Crippen LogP contribution >= 0.6 is 11.8 Å². The number of nitrogens with one attached hydrogen (secondary N) is 1. The Kier molecular flexibility index (Phi) is 5.54. The van der Waals surface area contributed by atoms with Crippen LogP contribution in [0.5, 0.6) is 0 Å². The molecule has 2 rings (SSSR count). The first kappa shape index (κ1) is 13.9. The highest BCUT2D eigenvalue weighted by molar-refractivity contribution is 7.98. The topological polar surface area (TPSA) is 32.3 Å². The van der Waals surface area contributed by atoms with Gasteiger partial charge in [-0.05, 0) is 37.0 Å². The predicted octanol–water partition coefficient (Wildman–Crippen LogP) is 2.84. The lowest BCUT2D eigenvalue weighted by Gasteiger charge is -2.25. The first-order chi connectivity index (χ1) is 8.85. The molecule has 0 spiro atoms. The van der Waals surface area contributed by atoms with Crippen molar-refractivity contribution < 1.29 is 5.11 Å². The molecule has 3 heteroatoms. The molecule has 1 saturated carbocycles. The van der Waals surface area contributed by atoms with Gasteiger partial charge in [0.15, 0.2) is 0 Å². The van der Waals surface area contributed by atoms with Gasteiger partial charge in [0, 0.05) is 24.4 Å². The molecule has 0 radical (unpaired) electrons. The normalized spacial score (nSPS) is 18.6. The Morgan fingerprint density at radius 3 is 2.61 bits per heavy atom. The van der Waals surface area contributed by atoms with Crippen LogP contribution in [0.3, 0.4) is 0 Å². The second kappa shape index (κ2) is 7.17. The number of aliphatic hydroxyl groups is 1. The number of aliphatic hydroxyl groups excluding tert-OH is 1. The third-order valence-corrected chi connectivity index (χ3v) is 4.25. The molecule has 18 heavy (non-hydrogen) atoms. The molecule has 100 valence electrons. The van der Waals surface area contributed by atoms with Gasteiger partial charge in [-0.1, -0.05) is 30.3 Å². The molecule has 0 saturated heterocycles. The fourth-order valence-electron chi connectivity index (χ4n) is 2.42. The predicted molar refractivity (Wildman–Crippen MR) is 78.9 cm³/mol. The minimum Gasteiger partial charge on any atom is -0.396 e. The van der Waals surface area contributed by atoms with E-state index in [-0.39, 0.29) is 6.61 Å². The summed E-state index contributed by atoms with van der Waals surface area (Å²) in [6, 6.07) is 11.6. The van der Waals surface area contributed by atoms with Crippen LogP contribution in [0.25, 0.3) is 0 Å². The molecule has 0 aromatic heterocycles. The summed E-state index contributed by atoms with van der Waals surface area (Å²) >= 11 is 1.85. The minimum absolute atomic E-state index is 0.268. The highest BCUT2D eigenvalue weighted by Gasteiger charge is 2.33. The summed E-state index contributed by atoms with van der Waals surface area (Å²) in [5, 5.41) is 12.9. The Labute approximate surface area is 114 Å². The van der Waals surface area contributed by atoms with E-state index in [2.05, 4.69) is 41.9 Å². The first-order valence-corrected chi connectivity index (χ1v) is 8.15. The number of benzene rings is 1.